The SMILES string of the molecule is Cc1ccc(F)c(CN2CCC3(CC2)Nc2ccccc2NC3=O)c1Cl. The molecule has 4 rings (SSSR count). The van der Waals surface area contributed by atoms with Crippen LogP contribution in [0, 0.1) is 12.7 Å². The molecule has 0 radical (unpaired) electrons. The van der Waals surface area contributed by atoms with Gasteiger partial charge in [0.25, 0.3) is 0 Å². The van der Waals surface area contributed by atoms with Crippen molar-refractivity contribution in [3.63, 3.8) is 0 Å². The Morgan fingerprint density at radius 1 is 1.15 bits per heavy atom. The van der Waals surface area contributed by atoms with E-state index in [1.807, 2.05) is 31.2 Å². The number of likely N-dealkylation sites (tertiary alicyclic amines) is 1. The van der Waals surface area contributed by atoms with E-state index in [-0.39, 0.29) is 11.7 Å². The Bertz CT molecular complexity index is 862. The first-order chi connectivity index (χ1) is 12.5. The topological polar surface area (TPSA) is 44.4 Å². The number of amides is 1. The lowest BCUT2D eigenvalue weighted by Crippen LogP contribution is -2.58. The lowest BCUT2D eigenvalue weighted by Gasteiger charge is -2.44. The maximum absolute atomic E-state index is 14.2. The predicted octanol–water partition coefficient (Wildman–Crippen LogP) is 4.19. The van der Waals surface area contributed by atoms with Crippen LogP contribution < -0.4 is 10.6 Å². The molecule has 1 amide bonds. The maximum Gasteiger partial charge on any atom is 0.250 e. The first-order valence-electron chi connectivity index (χ1n) is 8.83. The zero-order chi connectivity index (χ0) is 18.3. The summed E-state index contributed by atoms with van der Waals surface area (Å²) in [6, 6.07) is 10.9. The van der Waals surface area contributed by atoms with Crippen LogP contribution in [-0.4, -0.2) is 29.4 Å². The van der Waals surface area contributed by atoms with Gasteiger partial charge in [-0.15, -0.1) is 0 Å². The molecule has 4 nitrogen and oxygen atoms in total. The number of nitrogens with zero attached hydrogens (tertiary/aromatic N) is 1. The molecular weight excluding hydrogens is 353 g/mol. The molecule has 6 heteroatoms. The van der Waals surface area contributed by atoms with Crippen LogP contribution in [-0.2, 0) is 11.3 Å². The van der Waals surface area contributed by atoms with Crippen LogP contribution in [0.15, 0.2) is 36.4 Å². The van der Waals surface area contributed by atoms with E-state index >= 15 is 0 Å². The fourth-order valence-corrected chi connectivity index (χ4v) is 4.00. The average Bonchev–Trinajstić information content (AvgIpc) is 2.64. The van der Waals surface area contributed by atoms with Crippen molar-refractivity contribution >= 4 is 28.9 Å². The van der Waals surface area contributed by atoms with Gasteiger partial charge in [-0.2, -0.15) is 0 Å². The largest absolute Gasteiger partial charge is 0.369 e. The van der Waals surface area contributed by atoms with E-state index in [1.165, 1.54) is 6.07 Å². The Morgan fingerprint density at radius 2 is 1.85 bits per heavy atom. The van der Waals surface area contributed by atoms with Gasteiger partial charge in [0, 0.05) is 25.2 Å². The zero-order valence-corrected chi connectivity index (χ0v) is 15.4. The molecule has 1 spiro atoms. The van der Waals surface area contributed by atoms with E-state index in [4.69, 9.17) is 11.6 Å². The van der Waals surface area contributed by atoms with Gasteiger partial charge in [0.2, 0.25) is 5.91 Å². The number of carbonyl (C=O) groups is 1. The number of piperidine rings is 1. The summed E-state index contributed by atoms with van der Waals surface area (Å²) >= 11 is 6.30. The van der Waals surface area contributed by atoms with Gasteiger partial charge in [0.15, 0.2) is 0 Å². The molecule has 2 N–H and O–H groups in total. The second kappa shape index (κ2) is 6.56. The summed E-state index contributed by atoms with van der Waals surface area (Å²) in [6.45, 7) is 3.74. The van der Waals surface area contributed by atoms with E-state index < -0.39 is 5.54 Å². The molecule has 0 saturated carbocycles. The molecule has 2 aliphatic heterocycles. The Morgan fingerprint density at radius 3 is 2.58 bits per heavy atom. The van der Waals surface area contributed by atoms with Crippen molar-refractivity contribution in [2.24, 2.45) is 0 Å². The smallest absolute Gasteiger partial charge is 0.250 e. The lowest BCUT2D eigenvalue weighted by atomic mass is 9.84. The highest BCUT2D eigenvalue weighted by Gasteiger charge is 2.44. The standard InChI is InChI=1S/C20H21ClFN3O/c1-13-6-7-15(22)14(18(13)21)12-25-10-8-20(9-11-25)19(26)23-16-4-2-3-5-17(16)24-20/h2-7,24H,8-12H2,1H3,(H,23,26). The molecule has 2 aromatic carbocycles. The van der Waals surface area contributed by atoms with Crippen LogP contribution in [0.1, 0.15) is 24.0 Å². The Kier molecular flexibility index (Phi) is 4.37. The Balaban J connectivity index is 1.48. The van der Waals surface area contributed by atoms with Crippen molar-refractivity contribution in [2.45, 2.75) is 31.8 Å². The molecule has 1 fully saturated rings. The molecule has 136 valence electrons. The average molecular weight is 374 g/mol. The first kappa shape index (κ1) is 17.3. The molecule has 2 aromatic rings. The summed E-state index contributed by atoms with van der Waals surface area (Å²) in [4.78, 5) is 14.8. The number of fused-ring (bicyclic) bond motifs is 1. The molecule has 0 aromatic heterocycles. The molecule has 2 aliphatic rings. The van der Waals surface area contributed by atoms with Gasteiger partial charge < -0.3 is 10.6 Å². The number of hydrogen-bond donors (Lipinski definition) is 2. The molecule has 0 atom stereocenters. The van der Waals surface area contributed by atoms with Crippen LogP contribution in [0.4, 0.5) is 15.8 Å². The first-order valence-corrected chi connectivity index (χ1v) is 9.21. The molecule has 1 saturated heterocycles. The van der Waals surface area contributed by atoms with Crippen molar-refractivity contribution < 1.29 is 9.18 Å². The van der Waals surface area contributed by atoms with Crippen LogP contribution >= 0.6 is 11.6 Å². The number of hydrogen-bond acceptors (Lipinski definition) is 3. The highest BCUT2D eigenvalue weighted by molar-refractivity contribution is 6.32. The van der Waals surface area contributed by atoms with Gasteiger partial charge in [-0.05, 0) is 43.5 Å². The summed E-state index contributed by atoms with van der Waals surface area (Å²) in [5.41, 5.74) is 2.59. The van der Waals surface area contributed by atoms with Crippen molar-refractivity contribution in [1.82, 2.24) is 4.90 Å². The fraction of sp³-hybridized carbons (Fsp3) is 0.350. The normalized spacial score (nSPS) is 19.0. The van der Waals surface area contributed by atoms with E-state index in [1.54, 1.807) is 6.07 Å². The molecule has 2 heterocycles. The van der Waals surface area contributed by atoms with E-state index in [2.05, 4.69) is 15.5 Å². The fourth-order valence-electron chi connectivity index (χ4n) is 3.79. The molecule has 26 heavy (non-hydrogen) atoms. The molecular formula is C20H21ClFN3O. The Labute approximate surface area is 157 Å². The summed E-state index contributed by atoms with van der Waals surface area (Å²) in [5.74, 6) is -0.265. The van der Waals surface area contributed by atoms with Crippen LogP contribution in [0.5, 0.6) is 0 Å². The molecule has 0 aliphatic carbocycles. The van der Waals surface area contributed by atoms with Crippen LogP contribution in [0.25, 0.3) is 0 Å². The van der Waals surface area contributed by atoms with Crippen LogP contribution in [0.2, 0.25) is 5.02 Å². The third-order valence-electron chi connectivity index (χ3n) is 5.45. The van der Waals surface area contributed by atoms with Crippen molar-refractivity contribution in [3.8, 4) is 0 Å². The third-order valence-corrected chi connectivity index (χ3v) is 5.98. The number of nitrogens with one attached hydrogen (secondary N) is 2. The van der Waals surface area contributed by atoms with E-state index in [9.17, 15) is 9.18 Å². The molecule has 0 unspecified atom stereocenters. The summed E-state index contributed by atoms with van der Waals surface area (Å²) in [5, 5.41) is 6.94. The number of rotatable bonds is 2. The van der Waals surface area contributed by atoms with Gasteiger partial charge in [0.1, 0.15) is 11.4 Å². The highest BCUT2D eigenvalue weighted by atomic mass is 35.5. The summed E-state index contributed by atoms with van der Waals surface area (Å²) in [7, 11) is 0. The number of para-hydroxylation sites is 2. The van der Waals surface area contributed by atoms with Crippen molar-refractivity contribution in [3.05, 3.63) is 58.4 Å². The number of benzene rings is 2. The second-order valence-corrected chi connectivity index (χ2v) is 7.52. The monoisotopic (exact) mass is 373 g/mol. The molecule has 0 bridgehead atoms. The lowest BCUT2D eigenvalue weighted by molar-refractivity contribution is -0.122. The second-order valence-electron chi connectivity index (χ2n) is 7.14. The van der Waals surface area contributed by atoms with Gasteiger partial charge in [-0.3, -0.25) is 9.69 Å². The van der Waals surface area contributed by atoms with Gasteiger partial charge >= 0.3 is 0 Å². The minimum atomic E-state index is -0.597. The number of halogens is 2. The van der Waals surface area contributed by atoms with Gasteiger partial charge in [0.05, 0.1) is 16.4 Å². The van der Waals surface area contributed by atoms with E-state index in [0.717, 1.165) is 16.9 Å². The van der Waals surface area contributed by atoms with E-state index in [0.29, 0.717) is 43.1 Å². The van der Waals surface area contributed by atoms with Crippen molar-refractivity contribution in [2.75, 3.05) is 23.7 Å². The zero-order valence-electron chi connectivity index (χ0n) is 14.6. The number of carbonyl (C=O) groups excluding carboxylic acids is 1. The number of anilines is 2. The quantitative estimate of drug-likeness (QED) is 0.829. The van der Waals surface area contributed by atoms with Gasteiger partial charge in [-0.25, -0.2) is 4.39 Å². The van der Waals surface area contributed by atoms with Crippen molar-refractivity contribution in [1.29, 1.82) is 0 Å². The highest BCUT2D eigenvalue weighted by Crippen LogP contribution is 2.37. The Hall–Kier alpha value is -2.11. The number of aryl methyl sites for hydroxylation is 1. The van der Waals surface area contributed by atoms with Gasteiger partial charge in [-0.1, -0.05) is 29.8 Å². The minimum absolute atomic E-state index is 0.00983. The predicted molar refractivity (Wildman–Crippen MR) is 102 cm³/mol. The summed E-state index contributed by atoms with van der Waals surface area (Å²) in [6.07, 6.45) is 1.33. The third kappa shape index (κ3) is 2.95. The van der Waals surface area contributed by atoms with Crippen LogP contribution in [0.3, 0.4) is 0 Å². The minimum Gasteiger partial charge on any atom is -0.369 e. The maximum atomic E-state index is 14.2. The summed E-state index contributed by atoms with van der Waals surface area (Å²) < 4.78 is 14.2.